The van der Waals surface area contributed by atoms with E-state index < -0.39 is 0 Å². The van der Waals surface area contributed by atoms with E-state index in [0.29, 0.717) is 25.0 Å². The lowest BCUT2D eigenvalue weighted by Crippen LogP contribution is -2.32. The average molecular weight is 263 g/mol. The number of benzene rings is 1. The van der Waals surface area contributed by atoms with E-state index in [4.69, 9.17) is 10.5 Å². The Morgan fingerprint density at radius 2 is 1.89 bits per heavy atom. The summed E-state index contributed by atoms with van der Waals surface area (Å²) >= 11 is 0. The van der Waals surface area contributed by atoms with Crippen LogP contribution in [0.2, 0.25) is 0 Å². The molecule has 0 unspecified atom stereocenters. The van der Waals surface area contributed by atoms with Crippen LogP contribution in [-0.2, 0) is 17.9 Å². The Morgan fingerprint density at radius 1 is 1.26 bits per heavy atom. The van der Waals surface area contributed by atoms with Crippen molar-refractivity contribution in [2.45, 2.75) is 33.4 Å². The molecule has 0 heterocycles. The van der Waals surface area contributed by atoms with Crippen molar-refractivity contribution >= 4 is 5.96 Å². The maximum Gasteiger partial charge on any atom is 0.188 e. The monoisotopic (exact) mass is 263 g/mol. The van der Waals surface area contributed by atoms with Crippen molar-refractivity contribution in [2.75, 3.05) is 13.7 Å². The molecule has 0 aromatic heterocycles. The van der Waals surface area contributed by atoms with Gasteiger partial charge < -0.3 is 15.8 Å². The number of hydrogen-bond donors (Lipinski definition) is 2. The minimum absolute atomic E-state index is 0.515. The van der Waals surface area contributed by atoms with Gasteiger partial charge in [-0.05, 0) is 23.5 Å². The average Bonchev–Trinajstić information content (AvgIpc) is 2.38. The molecule has 1 rings (SSSR count). The lowest BCUT2D eigenvalue weighted by molar-refractivity contribution is 0.185. The highest BCUT2D eigenvalue weighted by Gasteiger charge is 1.97. The highest BCUT2D eigenvalue weighted by Crippen LogP contribution is 2.06. The number of hydrogen-bond acceptors (Lipinski definition) is 2. The lowest BCUT2D eigenvalue weighted by atomic mass is 10.1. The predicted molar refractivity (Wildman–Crippen MR) is 79.9 cm³/mol. The first-order valence-electron chi connectivity index (χ1n) is 6.72. The molecule has 19 heavy (non-hydrogen) atoms. The lowest BCUT2D eigenvalue weighted by Gasteiger charge is -2.07. The summed E-state index contributed by atoms with van der Waals surface area (Å²) in [7, 11) is 1.70. The molecule has 3 N–H and O–H groups in total. The molecule has 4 heteroatoms. The van der Waals surface area contributed by atoms with Gasteiger partial charge in [0.1, 0.15) is 0 Å². The molecule has 0 radical (unpaired) electrons. The van der Waals surface area contributed by atoms with Gasteiger partial charge in [0.2, 0.25) is 0 Å². The number of nitrogens with one attached hydrogen (secondary N) is 1. The summed E-state index contributed by atoms with van der Waals surface area (Å²) in [5.74, 6) is 1.19. The molecule has 0 aliphatic heterocycles. The fraction of sp³-hybridized carbons (Fsp3) is 0.533. The van der Waals surface area contributed by atoms with E-state index in [1.807, 2.05) is 0 Å². The standard InChI is InChI=1S/C15H25N3O/c1-12(2)8-9-17-15(16)18-10-13-4-6-14(7-5-13)11-19-3/h4-7,12H,8-11H2,1-3H3,(H3,16,17,18). The van der Waals surface area contributed by atoms with Gasteiger partial charge in [-0.3, -0.25) is 0 Å². The van der Waals surface area contributed by atoms with Crippen LogP contribution in [0.25, 0.3) is 0 Å². The normalized spacial score (nSPS) is 11.9. The molecule has 1 aromatic rings. The summed E-state index contributed by atoms with van der Waals surface area (Å²) < 4.78 is 5.07. The molecule has 0 bridgehead atoms. The molecular formula is C15H25N3O. The quantitative estimate of drug-likeness (QED) is 0.586. The zero-order valence-electron chi connectivity index (χ0n) is 12.1. The second-order valence-corrected chi connectivity index (χ2v) is 5.06. The van der Waals surface area contributed by atoms with Gasteiger partial charge in [-0.2, -0.15) is 0 Å². The third kappa shape index (κ3) is 6.82. The molecule has 0 fully saturated rings. The first kappa shape index (κ1) is 15.5. The number of aliphatic imine (C=N–C) groups is 1. The SMILES string of the molecule is COCc1ccc(CN=C(N)NCCC(C)C)cc1. The third-order valence-corrected chi connectivity index (χ3v) is 2.79. The van der Waals surface area contributed by atoms with Crippen LogP contribution in [0.5, 0.6) is 0 Å². The number of methoxy groups -OCH3 is 1. The summed E-state index contributed by atoms with van der Waals surface area (Å²) in [6.07, 6.45) is 1.10. The minimum atomic E-state index is 0.515. The van der Waals surface area contributed by atoms with Crippen molar-refractivity contribution in [3.63, 3.8) is 0 Å². The van der Waals surface area contributed by atoms with Crippen LogP contribution in [0.15, 0.2) is 29.3 Å². The number of guanidine groups is 1. The molecule has 0 atom stereocenters. The molecule has 0 aliphatic rings. The Labute approximate surface area is 116 Å². The van der Waals surface area contributed by atoms with Crippen LogP contribution in [-0.4, -0.2) is 19.6 Å². The fourth-order valence-corrected chi connectivity index (χ4v) is 1.63. The molecule has 0 saturated heterocycles. The third-order valence-electron chi connectivity index (χ3n) is 2.79. The van der Waals surface area contributed by atoms with Crippen molar-refractivity contribution in [2.24, 2.45) is 16.6 Å². The highest BCUT2D eigenvalue weighted by atomic mass is 16.5. The molecule has 4 nitrogen and oxygen atoms in total. The molecule has 0 aliphatic carbocycles. The molecule has 106 valence electrons. The zero-order chi connectivity index (χ0) is 14.1. The smallest absolute Gasteiger partial charge is 0.188 e. The van der Waals surface area contributed by atoms with Gasteiger partial charge in [-0.1, -0.05) is 38.1 Å². The van der Waals surface area contributed by atoms with Crippen molar-refractivity contribution < 1.29 is 4.74 Å². The minimum Gasteiger partial charge on any atom is -0.380 e. The second-order valence-electron chi connectivity index (χ2n) is 5.06. The van der Waals surface area contributed by atoms with Crippen LogP contribution < -0.4 is 11.1 Å². The summed E-state index contributed by atoms with van der Waals surface area (Å²) in [6, 6.07) is 8.21. The highest BCUT2D eigenvalue weighted by molar-refractivity contribution is 5.77. The van der Waals surface area contributed by atoms with Crippen LogP contribution >= 0.6 is 0 Å². The Balaban J connectivity index is 2.37. The Hall–Kier alpha value is -1.55. The molecule has 0 saturated carbocycles. The molecule has 1 aromatic carbocycles. The summed E-state index contributed by atoms with van der Waals surface area (Å²) in [6.45, 7) is 6.50. The van der Waals surface area contributed by atoms with Gasteiger partial charge >= 0.3 is 0 Å². The zero-order valence-corrected chi connectivity index (χ0v) is 12.1. The summed E-state index contributed by atoms with van der Waals surface area (Å²) in [5, 5.41) is 3.12. The van der Waals surface area contributed by atoms with Gasteiger partial charge in [-0.25, -0.2) is 4.99 Å². The topological polar surface area (TPSA) is 59.6 Å². The van der Waals surface area contributed by atoms with Gasteiger partial charge in [0.25, 0.3) is 0 Å². The van der Waals surface area contributed by atoms with Gasteiger partial charge in [0, 0.05) is 13.7 Å². The largest absolute Gasteiger partial charge is 0.380 e. The number of ether oxygens (including phenoxy) is 1. The first-order chi connectivity index (χ1) is 9.11. The second kappa shape index (κ2) is 8.53. The Bertz CT molecular complexity index is 385. The Kier molecular flexibility index (Phi) is 6.97. The van der Waals surface area contributed by atoms with E-state index in [2.05, 4.69) is 48.4 Å². The number of rotatable bonds is 7. The van der Waals surface area contributed by atoms with Gasteiger partial charge in [-0.15, -0.1) is 0 Å². The summed E-state index contributed by atoms with van der Waals surface area (Å²) in [4.78, 5) is 4.32. The molecular weight excluding hydrogens is 238 g/mol. The first-order valence-corrected chi connectivity index (χ1v) is 6.72. The van der Waals surface area contributed by atoms with Crippen LogP contribution in [0.3, 0.4) is 0 Å². The predicted octanol–water partition coefficient (Wildman–Crippen LogP) is 2.28. The van der Waals surface area contributed by atoms with E-state index in [0.717, 1.165) is 18.5 Å². The number of nitrogens with zero attached hydrogens (tertiary/aromatic N) is 1. The van der Waals surface area contributed by atoms with Crippen molar-refractivity contribution in [1.29, 1.82) is 0 Å². The summed E-state index contributed by atoms with van der Waals surface area (Å²) in [5.41, 5.74) is 8.12. The maximum atomic E-state index is 5.80. The van der Waals surface area contributed by atoms with E-state index >= 15 is 0 Å². The number of nitrogens with two attached hydrogens (primary N) is 1. The van der Waals surface area contributed by atoms with Crippen molar-refractivity contribution in [1.82, 2.24) is 5.32 Å². The van der Waals surface area contributed by atoms with Crippen molar-refractivity contribution in [3.8, 4) is 0 Å². The molecule has 0 spiro atoms. The molecule has 0 amide bonds. The van der Waals surface area contributed by atoms with Crippen molar-refractivity contribution in [3.05, 3.63) is 35.4 Å². The van der Waals surface area contributed by atoms with E-state index in [1.165, 1.54) is 5.56 Å². The van der Waals surface area contributed by atoms with Crippen LogP contribution in [0, 0.1) is 5.92 Å². The van der Waals surface area contributed by atoms with Crippen LogP contribution in [0.4, 0.5) is 0 Å². The fourth-order valence-electron chi connectivity index (χ4n) is 1.63. The Morgan fingerprint density at radius 3 is 2.47 bits per heavy atom. The van der Waals surface area contributed by atoms with Crippen LogP contribution in [0.1, 0.15) is 31.4 Å². The van der Waals surface area contributed by atoms with Gasteiger partial charge in [0.15, 0.2) is 5.96 Å². The maximum absolute atomic E-state index is 5.80. The van der Waals surface area contributed by atoms with E-state index in [-0.39, 0.29) is 0 Å². The van der Waals surface area contributed by atoms with E-state index in [1.54, 1.807) is 7.11 Å². The van der Waals surface area contributed by atoms with Gasteiger partial charge in [0.05, 0.1) is 13.2 Å². The van der Waals surface area contributed by atoms with E-state index in [9.17, 15) is 0 Å².